The number of hydrogen-bond acceptors (Lipinski definition) is 6. The highest BCUT2D eigenvalue weighted by Crippen LogP contribution is 2.37. The summed E-state index contributed by atoms with van der Waals surface area (Å²) in [4.78, 5) is 7.95. The van der Waals surface area contributed by atoms with E-state index in [-0.39, 0.29) is 18.1 Å². The van der Waals surface area contributed by atoms with Crippen LogP contribution in [0.1, 0.15) is 45.0 Å². The monoisotopic (exact) mass is 321 g/mol. The van der Waals surface area contributed by atoms with E-state index in [2.05, 4.69) is 28.9 Å². The first-order valence-electron chi connectivity index (χ1n) is 7.90. The van der Waals surface area contributed by atoms with Crippen LogP contribution < -0.4 is 0 Å². The topological polar surface area (TPSA) is 62.4 Å². The third kappa shape index (κ3) is 2.95. The lowest BCUT2D eigenvalue weighted by Gasteiger charge is -2.41. The highest BCUT2D eigenvalue weighted by Gasteiger charge is 2.35. The second kappa shape index (κ2) is 6.48. The van der Waals surface area contributed by atoms with Gasteiger partial charge in [-0.15, -0.1) is 11.3 Å². The van der Waals surface area contributed by atoms with Gasteiger partial charge >= 0.3 is 0 Å². The molecule has 0 amide bonds. The number of nitrogens with zero attached hydrogens (tertiary/aromatic N) is 3. The maximum Gasteiger partial charge on any atom is 0.244 e. The molecule has 2 aromatic rings. The van der Waals surface area contributed by atoms with Crippen molar-refractivity contribution in [2.75, 3.05) is 19.7 Å². The van der Waals surface area contributed by atoms with Crippen molar-refractivity contribution in [1.82, 2.24) is 15.0 Å². The first-order valence-corrected chi connectivity index (χ1v) is 8.78. The van der Waals surface area contributed by atoms with E-state index in [9.17, 15) is 5.11 Å². The molecule has 0 aliphatic carbocycles. The lowest BCUT2D eigenvalue weighted by atomic mass is 9.77. The minimum atomic E-state index is 0.104. The summed E-state index contributed by atoms with van der Waals surface area (Å²) < 4.78 is 5.46. The van der Waals surface area contributed by atoms with Gasteiger partial charge in [0.1, 0.15) is 0 Å². The molecule has 22 heavy (non-hydrogen) atoms. The molecule has 3 rings (SSSR count). The molecule has 0 bridgehead atoms. The maximum atomic E-state index is 9.63. The molecule has 3 heterocycles. The first-order chi connectivity index (χ1) is 10.7. The molecule has 0 radical (unpaired) electrons. The number of aliphatic hydroxyl groups excluding tert-OH is 1. The van der Waals surface area contributed by atoms with Crippen molar-refractivity contribution < 1.29 is 9.63 Å². The van der Waals surface area contributed by atoms with Crippen molar-refractivity contribution in [3.63, 3.8) is 0 Å². The molecular formula is C16H23N3O2S. The Morgan fingerprint density at radius 1 is 1.45 bits per heavy atom. The molecule has 2 aromatic heterocycles. The predicted octanol–water partition coefficient (Wildman–Crippen LogP) is 3.34. The van der Waals surface area contributed by atoms with E-state index in [0.717, 1.165) is 37.2 Å². The molecule has 1 atom stereocenters. The third-order valence-electron chi connectivity index (χ3n) is 5.03. The van der Waals surface area contributed by atoms with Crippen LogP contribution in [0.2, 0.25) is 0 Å². The van der Waals surface area contributed by atoms with Gasteiger partial charge in [0.25, 0.3) is 0 Å². The Morgan fingerprint density at radius 3 is 2.82 bits per heavy atom. The van der Waals surface area contributed by atoms with Gasteiger partial charge in [-0.2, -0.15) is 4.98 Å². The Balaban J connectivity index is 1.67. The maximum absolute atomic E-state index is 9.63. The molecule has 1 N–H and O–H groups in total. The smallest absolute Gasteiger partial charge is 0.244 e. The van der Waals surface area contributed by atoms with Gasteiger partial charge < -0.3 is 9.63 Å². The van der Waals surface area contributed by atoms with E-state index in [1.165, 1.54) is 0 Å². The number of piperidine rings is 1. The number of likely N-dealkylation sites (tertiary alicyclic amines) is 1. The van der Waals surface area contributed by atoms with Gasteiger partial charge in [0, 0.05) is 6.61 Å². The van der Waals surface area contributed by atoms with E-state index in [1.807, 2.05) is 17.5 Å². The lowest BCUT2D eigenvalue weighted by Crippen LogP contribution is -2.42. The second-order valence-electron chi connectivity index (χ2n) is 6.16. The fourth-order valence-corrected chi connectivity index (χ4v) is 3.73. The Hall–Kier alpha value is -1.24. The van der Waals surface area contributed by atoms with E-state index in [0.29, 0.717) is 11.7 Å². The first kappa shape index (κ1) is 15.6. The van der Waals surface area contributed by atoms with Gasteiger partial charge in [-0.25, -0.2) is 0 Å². The second-order valence-corrected chi connectivity index (χ2v) is 7.10. The molecule has 6 heteroatoms. The van der Waals surface area contributed by atoms with Crippen molar-refractivity contribution in [2.24, 2.45) is 5.41 Å². The van der Waals surface area contributed by atoms with Gasteiger partial charge in [-0.3, -0.25) is 4.90 Å². The van der Waals surface area contributed by atoms with Crippen LogP contribution in [0, 0.1) is 5.41 Å². The van der Waals surface area contributed by atoms with E-state index in [1.54, 1.807) is 11.3 Å². The highest BCUT2D eigenvalue weighted by atomic mass is 32.1. The zero-order chi connectivity index (χ0) is 15.6. The fourth-order valence-electron chi connectivity index (χ4n) is 3.08. The largest absolute Gasteiger partial charge is 0.396 e. The SMILES string of the molecule is CCC1(CO)CCN(C(C)c2nc(-c3cccs3)no2)CC1. The van der Waals surface area contributed by atoms with E-state index >= 15 is 0 Å². The Kier molecular flexibility index (Phi) is 4.61. The molecule has 1 saturated heterocycles. The summed E-state index contributed by atoms with van der Waals surface area (Å²) in [6.07, 6.45) is 3.08. The molecule has 120 valence electrons. The van der Waals surface area contributed by atoms with E-state index in [4.69, 9.17) is 4.52 Å². The van der Waals surface area contributed by atoms with Crippen molar-refractivity contribution in [3.05, 3.63) is 23.4 Å². The van der Waals surface area contributed by atoms with Crippen molar-refractivity contribution in [1.29, 1.82) is 0 Å². The number of rotatable bonds is 5. The predicted molar refractivity (Wildman–Crippen MR) is 86.6 cm³/mol. The summed E-state index contributed by atoms with van der Waals surface area (Å²) >= 11 is 1.62. The molecule has 0 spiro atoms. The highest BCUT2D eigenvalue weighted by molar-refractivity contribution is 7.13. The minimum Gasteiger partial charge on any atom is -0.396 e. The van der Waals surface area contributed by atoms with Crippen LogP contribution >= 0.6 is 11.3 Å². The van der Waals surface area contributed by atoms with Crippen LogP contribution in [0.15, 0.2) is 22.0 Å². The normalized spacial score (nSPS) is 20.1. The van der Waals surface area contributed by atoms with Gasteiger partial charge in [-0.1, -0.05) is 18.1 Å². The molecule has 1 aliphatic rings. The van der Waals surface area contributed by atoms with Gasteiger partial charge in [0.15, 0.2) is 0 Å². The molecule has 1 unspecified atom stereocenters. The quantitative estimate of drug-likeness (QED) is 0.915. The summed E-state index contributed by atoms with van der Waals surface area (Å²) in [5.74, 6) is 1.35. The molecular weight excluding hydrogens is 298 g/mol. The van der Waals surface area contributed by atoms with Crippen LogP contribution in [-0.2, 0) is 0 Å². The molecule has 1 fully saturated rings. The Bertz CT molecular complexity index is 582. The molecule has 0 saturated carbocycles. The Labute approximate surface area is 135 Å². The van der Waals surface area contributed by atoms with Crippen LogP contribution in [-0.4, -0.2) is 39.8 Å². The van der Waals surface area contributed by atoms with Crippen molar-refractivity contribution in [2.45, 2.75) is 39.2 Å². The molecule has 5 nitrogen and oxygen atoms in total. The minimum absolute atomic E-state index is 0.104. The van der Waals surface area contributed by atoms with Crippen LogP contribution in [0.4, 0.5) is 0 Å². The number of aromatic nitrogens is 2. The van der Waals surface area contributed by atoms with Crippen LogP contribution in [0.5, 0.6) is 0 Å². The summed E-state index contributed by atoms with van der Waals surface area (Å²) in [5.41, 5.74) is 0.104. The number of thiophene rings is 1. The van der Waals surface area contributed by atoms with Crippen molar-refractivity contribution in [3.8, 4) is 10.7 Å². The van der Waals surface area contributed by atoms with Gasteiger partial charge in [0.2, 0.25) is 11.7 Å². The standard InChI is InChI=1S/C16H23N3O2S/c1-3-16(11-20)6-8-19(9-7-16)12(2)15-17-14(18-21-15)13-5-4-10-22-13/h4-5,10,12,20H,3,6-9,11H2,1-2H3. The summed E-state index contributed by atoms with van der Waals surface area (Å²) in [6, 6.07) is 4.11. The van der Waals surface area contributed by atoms with Crippen LogP contribution in [0.25, 0.3) is 10.7 Å². The lowest BCUT2D eigenvalue weighted by molar-refractivity contribution is 0.0216. The van der Waals surface area contributed by atoms with Crippen LogP contribution in [0.3, 0.4) is 0 Å². The summed E-state index contributed by atoms with van der Waals surface area (Å²) in [6.45, 7) is 6.50. The van der Waals surface area contributed by atoms with Gasteiger partial charge in [-0.05, 0) is 56.1 Å². The fraction of sp³-hybridized carbons (Fsp3) is 0.625. The number of aliphatic hydroxyl groups is 1. The third-order valence-corrected chi connectivity index (χ3v) is 5.90. The van der Waals surface area contributed by atoms with E-state index < -0.39 is 0 Å². The zero-order valence-electron chi connectivity index (χ0n) is 13.2. The summed E-state index contributed by atoms with van der Waals surface area (Å²) in [7, 11) is 0. The average molecular weight is 321 g/mol. The average Bonchev–Trinajstić information content (AvgIpc) is 3.25. The van der Waals surface area contributed by atoms with Gasteiger partial charge in [0.05, 0.1) is 10.9 Å². The summed E-state index contributed by atoms with van der Waals surface area (Å²) in [5, 5.41) is 15.7. The molecule has 0 aromatic carbocycles. The Morgan fingerprint density at radius 2 is 2.23 bits per heavy atom. The number of hydrogen-bond donors (Lipinski definition) is 1. The van der Waals surface area contributed by atoms with Crippen molar-refractivity contribution >= 4 is 11.3 Å². The molecule has 1 aliphatic heterocycles. The zero-order valence-corrected chi connectivity index (χ0v) is 14.0.